The maximum atomic E-state index is 12.8. The van der Waals surface area contributed by atoms with Gasteiger partial charge in [-0.3, -0.25) is 14.2 Å². The largest absolute Gasteiger partial charge is 0.756 e. The van der Waals surface area contributed by atoms with Crippen molar-refractivity contribution in [3.63, 3.8) is 0 Å². The molecule has 63 heavy (non-hydrogen) atoms. The third-order valence-electron chi connectivity index (χ3n) is 10.5. The van der Waals surface area contributed by atoms with Gasteiger partial charge < -0.3 is 43.2 Å². The van der Waals surface area contributed by atoms with Crippen LogP contribution >= 0.6 is 7.82 Å². The number of nitrogens with zero attached hydrogens (tertiary/aromatic N) is 1. The van der Waals surface area contributed by atoms with E-state index in [2.05, 4.69) is 74.6 Å². The summed E-state index contributed by atoms with van der Waals surface area (Å²) in [5.74, 6) is -1.40. The molecule has 360 valence electrons. The minimum absolute atomic E-state index is 0.0776. The maximum absolute atomic E-state index is 12.8. The second-order valence-corrected chi connectivity index (χ2v) is 18.8. The number of hydrogen-bond donors (Lipinski definition) is 3. The minimum atomic E-state index is -4.71. The van der Waals surface area contributed by atoms with Gasteiger partial charge in [-0.1, -0.05) is 137 Å². The van der Waals surface area contributed by atoms with Crippen LogP contribution in [0.25, 0.3) is 0 Å². The number of carbonyl (C=O) groups is 2. The van der Waals surface area contributed by atoms with E-state index in [4.69, 9.17) is 18.5 Å². The number of esters is 2. The Kier molecular flexibility index (Phi) is 33.5. The van der Waals surface area contributed by atoms with E-state index in [0.717, 1.165) is 77.0 Å². The zero-order chi connectivity index (χ0) is 46.6. The predicted octanol–water partition coefficient (Wildman–Crippen LogP) is 9.32. The lowest BCUT2D eigenvalue weighted by Gasteiger charge is -2.28. The minimum Gasteiger partial charge on any atom is -0.756 e. The molecule has 1 unspecified atom stereocenters. The fourth-order valence-electron chi connectivity index (χ4n) is 6.83. The van der Waals surface area contributed by atoms with E-state index in [1.807, 2.05) is 39.4 Å². The molecular formula is C50H84NO11P. The average molecular weight is 906 g/mol. The number of phosphoric acid groups is 1. The molecule has 1 aliphatic carbocycles. The average Bonchev–Trinajstić information content (AvgIpc) is 3.50. The normalized spacial score (nSPS) is 20.7. The standard InChI is InChI=1S/C50H84NO11P/c1-6-8-10-11-12-13-14-15-16-17-18-19-20-21-22-23-24-25-30-34-49(55)59-41-44(42-61-63(57,58)60-39-38-51(3,4)5)62-50(56)35-31-27-26-29-33-45-46(48(54)40-47(45)53)37-36-43(52)32-28-9-7-2/h8,10,12-13,15-16,18-19,21-22,24-25,36-37,43-48,52-54H,6-7,9,11,14,17,20,23,26-35,38-42H2,1-5H3/b10-8-,13-12-,16-15-,19-18-,22-21-,25-24-,37-36+/t43-,44+,45+,46+,47-,48+/m0/s1. The quantitative estimate of drug-likeness (QED) is 0.0178. The van der Waals surface area contributed by atoms with E-state index >= 15 is 0 Å². The van der Waals surface area contributed by atoms with Gasteiger partial charge in [0.05, 0.1) is 46.1 Å². The van der Waals surface area contributed by atoms with Crippen LogP contribution in [-0.4, -0.2) is 104 Å². The van der Waals surface area contributed by atoms with Crippen LogP contribution < -0.4 is 4.89 Å². The molecule has 1 rings (SSSR count). The number of allylic oxidation sites excluding steroid dienone is 12. The Morgan fingerprint density at radius 2 is 1.32 bits per heavy atom. The van der Waals surface area contributed by atoms with Crippen LogP contribution in [-0.2, 0) is 32.7 Å². The molecule has 0 spiro atoms. The number of aliphatic hydroxyl groups excluding tert-OH is 3. The fourth-order valence-corrected chi connectivity index (χ4v) is 7.56. The number of unbranched alkanes of at least 4 members (excludes halogenated alkanes) is 5. The van der Waals surface area contributed by atoms with Gasteiger partial charge in [0, 0.05) is 25.2 Å². The second kappa shape index (κ2) is 36.3. The molecule has 0 aromatic rings. The van der Waals surface area contributed by atoms with Crippen molar-refractivity contribution in [2.24, 2.45) is 11.8 Å². The molecule has 0 radical (unpaired) electrons. The highest BCUT2D eigenvalue weighted by Gasteiger charge is 2.39. The lowest BCUT2D eigenvalue weighted by Crippen LogP contribution is -2.37. The molecule has 1 saturated carbocycles. The molecule has 7 atom stereocenters. The molecule has 0 aliphatic heterocycles. The van der Waals surface area contributed by atoms with Crippen LogP contribution in [0.15, 0.2) is 85.1 Å². The molecule has 13 heteroatoms. The van der Waals surface area contributed by atoms with Crippen LogP contribution in [0.5, 0.6) is 0 Å². The van der Waals surface area contributed by atoms with Crippen LogP contribution in [0.1, 0.15) is 136 Å². The Hall–Kier alpha value is -2.93. The van der Waals surface area contributed by atoms with Gasteiger partial charge in [0.25, 0.3) is 7.82 Å². The topological polar surface area (TPSA) is 172 Å². The molecule has 0 heterocycles. The first-order valence-electron chi connectivity index (χ1n) is 23.6. The number of quaternary nitrogens is 1. The monoisotopic (exact) mass is 906 g/mol. The van der Waals surface area contributed by atoms with Gasteiger partial charge in [-0.15, -0.1) is 0 Å². The van der Waals surface area contributed by atoms with Gasteiger partial charge in [-0.2, -0.15) is 0 Å². The zero-order valence-electron chi connectivity index (χ0n) is 39.3. The number of hydrogen-bond acceptors (Lipinski definition) is 11. The van der Waals surface area contributed by atoms with Crippen molar-refractivity contribution in [1.29, 1.82) is 0 Å². The highest BCUT2D eigenvalue weighted by molar-refractivity contribution is 7.45. The Morgan fingerprint density at radius 3 is 1.90 bits per heavy atom. The molecule has 0 aromatic heterocycles. The molecule has 1 fully saturated rings. The number of ether oxygens (including phenoxy) is 2. The lowest BCUT2D eigenvalue weighted by molar-refractivity contribution is -0.870. The van der Waals surface area contributed by atoms with Gasteiger partial charge in [-0.25, -0.2) is 0 Å². The first kappa shape index (κ1) is 58.1. The van der Waals surface area contributed by atoms with Crippen LogP contribution in [0.2, 0.25) is 0 Å². The fraction of sp³-hybridized carbons (Fsp3) is 0.680. The summed E-state index contributed by atoms with van der Waals surface area (Å²) in [7, 11) is 0.982. The maximum Gasteiger partial charge on any atom is 0.306 e. The van der Waals surface area contributed by atoms with Gasteiger partial charge in [0.15, 0.2) is 6.10 Å². The molecule has 0 aromatic carbocycles. The van der Waals surface area contributed by atoms with Crippen molar-refractivity contribution in [2.45, 2.75) is 160 Å². The molecule has 0 bridgehead atoms. The van der Waals surface area contributed by atoms with Crippen molar-refractivity contribution in [3.8, 4) is 0 Å². The summed E-state index contributed by atoms with van der Waals surface area (Å²) in [6.07, 6.45) is 39.8. The predicted molar refractivity (Wildman–Crippen MR) is 251 cm³/mol. The van der Waals surface area contributed by atoms with E-state index < -0.39 is 50.8 Å². The van der Waals surface area contributed by atoms with Gasteiger partial charge in [0.1, 0.15) is 19.8 Å². The first-order chi connectivity index (χ1) is 30.2. The van der Waals surface area contributed by atoms with E-state index in [1.165, 1.54) is 0 Å². The number of carbonyl (C=O) groups excluding carboxylic acids is 2. The van der Waals surface area contributed by atoms with Crippen LogP contribution in [0.3, 0.4) is 0 Å². The Bertz CT molecular complexity index is 1460. The smallest absolute Gasteiger partial charge is 0.306 e. The third kappa shape index (κ3) is 33.2. The number of likely N-dealkylation sites (N-methyl/N-ethyl adjacent to an activating group) is 1. The highest BCUT2D eigenvalue weighted by atomic mass is 31.2. The number of aliphatic hydroxyl groups is 3. The van der Waals surface area contributed by atoms with Crippen molar-refractivity contribution in [1.82, 2.24) is 0 Å². The summed E-state index contributed by atoms with van der Waals surface area (Å²) in [5.41, 5.74) is 0. The summed E-state index contributed by atoms with van der Waals surface area (Å²) in [6, 6.07) is 0. The Morgan fingerprint density at radius 1 is 0.730 bits per heavy atom. The SMILES string of the molecule is CC/C=C\C/C=C\C/C=C\C/C=C\C/C=C\C/C=C\CCC(=O)OC[C@H](COP(=O)([O-])OCC[N+](C)(C)C)OC(=O)CCCCCC[C@@H]1[C@@H](/C=C/[C@@H](O)CCCCC)[C@H](O)C[C@@H]1O. The molecule has 0 amide bonds. The van der Waals surface area contributed by atoms with E-state index in [-0.39, 0.29) is 37.9 Å². The molecular weight excluding hydrogens is 822 g/mol. The zero-order valence-corrected chi connectivity index (χ0v) is 40.2. The van der Waals surface area contributed by atoms with Crippen molar-refractivity contribution in [2.75, 3.05) is 47.5 Å². The van der Waals surface area contributed by atoms with Gasteiger partial charge in [-0.05, 0) is 70.1 Å². The van der Waals surface area contributed by atoms with E-state index in [9.17, 15) is 34.4 Å². The summed E-state index contributed by atoms with van der Waals surface area (Å²) in [5, 5.41) is 31.5. The van der Waals surface area contributed by atoms with Crippen molar-refractivity contribution in [3.05, 3.63) is 85.1 Å². The van der Waals surface area contributed by atoms with Gasteiger partial charge >= 0.3 is 11.9 Å². The summed E-state index contributed by atoms with van der Waals surface area (Å²) < 4.78 is 33.8. The molecule has 12 nitrogen and oxygen atoms in total. The number of phosphoric ester groups is 1. The van der Waals surface area contributed by atoms with E-state index in [1.54, 1.807) is 6.08 Å². The molecule has 3 N–H and O–H groups in total. The lowest BCUT2D eigenvalue weighted by atomic mass is 9.88. The van der Waals surface area contributed by atoms with Crippen LogP contribution in [0, 0.1) is 11.8 Å². The summed E-state index contributed by atoms with van der Waals surface area (Å²) >= 11 is 0. The molecule has 1 aliphatic rings. The summed E-state index contributed by atoms with van der Waals surface area (Å²) in [6.45, 7) is 3.66. The highest BCUT2D eigenvalue weighted by Crippen LogP contribution is 2.39. The van der Waals surface area contributed by atoms with E-state index in [0.29, 0.717) is 43.1 Å². The third-order valence-corrected chi connectivity index (χ3v) is 11.5. The summed E-state index contributed by atoms with van der Waals surface area (Å²) in [4.78, 5) is 37.8. The number of rotatable bonds is 37. The van der Waals surface area contributed by atoms with Gasteiger partial charge in [0.2, 0.25) is 0 Å². The first-order valence-corrected chi connectivity index (χ1v) is 25.0. The van der Waals surface area contributed by atoms with Crippen molar-refractivity contribution < 1.29 is 57.4 Å². The molecule has 0 saturated heterocycles. The Labute approximate surface area is 380 Å². The van der Waals surface area contributed by atoms with Crippen LogP contribution in [0.4, 0.5) is 0 Å². The van der Waals surface area contributed by atoms with Crippen molar-refractivity contribution >= 4 is 19.8 Å². The second-order valence-electron chi connectivity index (χ2n) is 17.4. The Balaban J connectivity index is 2.51.